The maximum atomic E-state index is 13.3. The van der Waals surface area contributed by atoms with Gasteiger partial charge in [0.25, 0.3) is 5.91 Å². The third-order valence-electron chi connectivity index (χ3n) is 5.37. The zero-order chi connectivity index (χ0) is 22.1. The smallest absolute Gasteiger partial charge is 0.261 e. The summed E-state index contributed by atoms with van der Waals surface area (Å²) in [6, 6.07) is 24.5. The van der Waals surface area contributed by atoms with Gasteiger partial charge in [0.05, 0.1) is 24.7 Å². The number of amides is 1. The predicted octanol–water partition coefficient (Wildman–Crippen LogP) is 4.48. The van der Waals surface area contributed by atoms with Crippen LogP contribution in [0.5, 0.6) is 5.75 Å². The highest BCUT2D eigenvalue weighted by molar-refractivity contribution is 6.16. The molecule has 5 rings (SSSR count). The molecule has 2 heterocycles. The van der Waals surface area contributed by atoms with Crippen molar-refractivity contribution in [2.45, 2.75) is 6.54 Å². The Morgan fingerprint density at radius 1 is 0.938 bits per heavy atom. The summed E-state index contributed by atoms with van der Waals surface area (Å²) in [5.74, 6) is 0.703. The van der Waals surface area contributed by atoms with Crippen LogP contribution in [0.3, 0.4) is 0 Å². The highest BCUT2D eigenvalue weighted by atomic mass is 16.5. The number of rotatable bonds is 5. The second-order valence-electron chi connectivity index (χ2n) is 7.36. The number of carbonyl (C=O) groups excluding carboxylic acids is 1. The Bertz CT molecular complexity index is 1440. The van der Waals surface area contributed by atoms with Crippen molar-refractivity contribution in [1.82, 2.24) is 14.5 Å². The molecule has 2 aromatic heterocycles. The molecule has 3 aromatic carbocycles. The lowest BCUT2D eigenvalue weighted by atomic mass is 10.2. The molecule has 0 spiro atoms. The van der Waals surface area contributed by atoms with E-state index in [1.54, 1.807) is 7.11 Å². The first-order valence-corrected chi connectivity index (χ1v) is 10.2. The molecule has 0 aliphatic heterocycles. The summed E-state index contributed by atoms with van der Waals surface area (Å²) in [4.78, 5) is 22.8. The van der Waals surface area contributed by atoms with Gasteiger partial charge in [0.1, 0.15) is 22.6 Å². The van der Waals surface area contributed by atoms with Gasteiger partial charge in [-0.1, -0.05) is 48.5 Å². The topological polar surface area (TPSA) is 95.1 Å². The van der Waals surface area contributed by atoms with Crippen molar-refractivity contribution in [1.29, 1.82) is 0 Å². The van der Waals surface area contributed by atoms with Crippen molar-refractivity contribution in [2.75, 3.05) is 18.2 Å². The Kier molecular flexibility index (Phi) is 4.91. The average Bonchev–Trinajstić information content (AvgIpc) is 3.09. The first-order chi connectivity index (χ1) is 15.7. The molecular weight excluding hydrogens is 402 g/mol. The average molecular weight is 423 g/mol. The maximum absolute atomic E-state index is 13.3. The fraction of sp³-hybridized carbons (Fsp3) is 0.0800. The summed E-state index contributed by atoms with van der Waals surface area (Å²) in [5.41, 5.74) is 10.9. The number of carbonyl (C=O) groups is 1. The van der Waals surface area contributed by atoms with Gasteiger partial charge < -0.3 is 20.4 Å². The highest BCUT2D eigenvalue weighted by Gasteiger charge is 2.24. The number of anilines is 2. The second-order valence-corrected chi connectivity index (χ2v) is 7.36. The molecule has 158 valence electrons. The molecule has 0 atom stereocenters. The molecule has 1 amide bonds. The number of ether oxygens (including phenoxy) is 1. The van der Waals surface area contributed by atoms with Crippen molar-refractivity contribution in [3.63, 3.8) is 0 Å². The normalized spacial score (nSPS) is 11.0. The maximum Gasteiger partial charge on any atom is 0.261 e. The van der Waals surface area contributed by atoms with Gasteiger partial charge >= 0.3 is 0 Å². The van der Waals surface area contributed by atoms with Crippen LogP contribution in [0.2, 0.25) is 0 Å². The number of hydrogen-bond donors (Lipinski definition) is 2. The Morgan fingerprint density at radius 2 is 1.59 bits per heavy atom. The fourth-order valence-electron chi connectivity index (χ4n) is 3.82. The van der Waals surface area contributed by atoms with E-state index in [9.17, 15) is 4.79 Å². The second kappa shape index (κ2) is 8.03. The minimum absolute atomic E-state index is 0.301. The monoisotopic (exact) mass is 423 g/mol. The molecule has 0 bridgehead atoms. The number of nitrogens with zero attached hydrogens (tertiary/aromatic N) is 3. The predicted molar refractivity (Wildman–Crippen MR) is 126 cm³/mol. The van der Waals surface area contributed by atoms with Crippen molar-refractivity contribution < 1.29 is 9.53 Å². The van der Waals surface area contributed by atoms with Gasteiger partial charge in [-0.3, -0.25) is 4.79 Å². The van der Waals surface area contributed by atoms with Gasteiger partial charge in [-0.15, -0.1) is 0 Å². The number of nitrogens with one attached hydrogen (secondary N) is 1. The van der Waals surface area contributed by atoms with Crippen LogP contribution in [-0.4, -0.2) is 27.6 Å². The van der Waals surface area contributed by atoms with Gasteiger partial charge in [0.2, 0.25) is 0 Å². The first kappa shape index (κ1) is 19.6. The number of aromatic nitrogens is 3. The number of para-hydroxylation sites is 4. The van der Waals surface area contributed by atoms with Crippen LogP contribution in [0, 0.1) is 0 Å². The fourth-order valence-corrected chi connectivity index (χ4v) is 3.82. The molecule has 0 aliphatic carbocycles. The molecule has 0 saturated heterocycles. The number of methoxy groups -OCH3 is 1. The standard InChI is InChI=1S/C25H21N5O2/c1-32-20-14-8-5-9-16(20)15-30-23(26)21(25(31)27-17-10-3-2-4-11-17)22-24(30)29-19-13-7-6-12-18(19)28-22/h2-14H,15,26H2,1H3,(H,27,31). The van der Waals surface area contributed by atoms with Gasteiger partial charge in [0.15, 0.2) is 5.65 Å². The Morgan fingerprint density at radius 3 is 2.34 bits per heavy atom. The van der Waals surface area contributed by atoms with Gasteiger partial charge in [-0.25, -0.2) is 9.97 Å². The number of hydrogen-bond acceptors (Lipinski definition) is 5. The van der Waals surface area contributed by atoms with Crippen molar-refractivity contribution >= 4 is 39.6 Å². The van der Waals surface area contributed by atoms with E-state index in [4.69, 9.17) is 20.4 Å². The highest BCUT2D eigenvalue weighted by Crippen LogP contribution is 2.31. The lowest BCUT2D eigenvalue weighted by Crippen LogP contribution is -2.15. The molecule has 5 aromatic rings. The van der Waals surface area contributed by atoms with Crippen LogP contribution in [-0.2, 0) is 6.54 Å². The van der Waals surface area contributed by atoms with E-state index in [-0.39, 0.29) is 5.91 Å². The van der Waals surface area contributed by atoms with Crippen molar-refractivity contribution in [2.24, 2.45) is 0 Å². The summed E-state index contributed by atoms with van der Waals surface area (Å²) in [6.45, 7) is 0.387. The molecule has 32 heavy (non-hydrogen) atoms. The Labute approximate surface area is 184 Å². The van der Waals surface area contributed by atoms with Gasteiger partial charge in [-0.2, -0.15) is 0 Å². The van der Waals surface area contributed by atoms with E-state index in [1.165, 1.54) is 0 Å². The SMILES string of the molecule is COc1ccccc1Cn1c(N)c(C(=O)Nc2ccccc2)c2nc3ccccc3nc21. The lowest BCUT2D eigenvalue weighted by molar-refractivity contribution is 0.102. The van der Waals surface area contributed by atoms with Crippen LogP contribution in [0.15, 0.2) is 78.9 Å². The molecule has 0 fully saturated rings. The summed E-state index contributed by atoms with van der Waals surface area (Å²) in [7, 11) is 1.63. The van der Waals surface area contributed by atoms with E-state index in [2.05, 4.69) is 5.32 Å². The molecule has 0 radical (unpaired) electrons. The zero-order valence-corrected chi connectivity index (χ0v) is 17.4. The molecule has 0 aliphatic rings. The summed E-state index contributed by atoms with van der Waals surface area (Å²) in [6.07, 6.45) is 0. The van der Waals surface area contributed by atoms with Crippen LogP contribution in [0.4, 0.5) is 11.5 Å². The summed E-state index contributed by atoms with van der Waals surface area (Å²) < 4.78 is 7.32. The number of nitrogen functional groups attached to an aromatic ring is 1. The molecule has 0 unspecified atom stereocenters. The Balaban J connectivity index is 1.70. The molecule has 7 nitrogen and oxygen atoms in total. The molecule has 3 N–H and O–H groups in total. The Hall–Kier alpha value is -4.39. The summed E-state index contributed by atoms with van der Waals surface area (Å²) >= 11 is 0. The van der Waals surface area contributed by atoms with Crippen LogP contribution in [0.25, 0.3) is 22.2 Å². The quantitative estimate of drug-likeness (QED) is 0.435. The van der Waals surface area contributed by atoms with Crippen molar-refractivity contribution in [3.05, 3.63) is 90.0 Å². The van der Waals surface area contributed by atoms with E-state index < -0.39 is 0 Å². The van der Waals surface area contributed by atoms with Gasteiger partial charge in [-0.05, 0) is 30.3 Å². The van der Waals surface area contributed by atoms with Crippen LogP contribution in [0.1, 0.15) is 15.9 Å². The summed E-state index contributed by atoms with van der Waals surface area (Å²) in [5, 5.41) is 2.91. The third kappa shape index (κ3) is 3.39. The lowest BCUT2D eigenvalue weighted by Gasteiger charge is -2.11. The van der Waals surface area contributed by atoms with Crippen molar-refractivity contribution in [3.8, 4) is 5.75 Å². The van der Waals surface area contributed by atoms with E-state index >= 15 is 0 Å². The molecular formula is C25H21N5O2. The van der Waals surface area contributed by atoms with Crippen LogP contribution >= 0.6 is 0 Å². The third-order valence-corrected chi connectivity index (χ3v) is 5.37. The molecule has 0 saturated carbocycles. The minimum atomic E-state index is -0.331. The van der Waals surface area contributed by atoms with E-state index in [1.807, 2.05) is 83.4 Å². The largest absolute Gasteiger partial charge is 0.496 e. The first-order valence-electron chi connectivity index (χ1n) is 10.2. The number of fused-ring (bicyclic) bond motifs is 2. The minimum Gasteiger partial charge on any atom is -0.496 e. The van der Waals surface area contributed by atoms with E-state index in [0.717, 1.165) is 16.8 Å². The number of nitrogens with two attached hydrogens (primary N) is 1. The van der Waals surface area contributed by atoms with E-state index in [0.29, 0.717) is 40.3 Å². The zero-order valence-electron chi connectivity index (χ0n) is 17.4. The van der Waals surface area contributed by atoms with Gasteiger partial charge in [0, 0.05) is 11.3 Å². The number of benzene rings is 3. The molecule has 7 heteroatoms. The van der Waals surface area contributed by atoms with Crippen LogP contribution < -0.4 is 15.8 Å².